The summed E-state index contributed by atoms with van der Waals surface area (Å²) in [7, 11) is 0. The number of aromatic nitrogens is 2. The van der Waals surface area contributed by atoms with E-state index in [1.54, 1.807) is 39.0 Å². The topological polar surface area (TPSA) is 114 Å². The SMILES string of the molecule is CCOC(=O)c1ccc(=O)n(C2c3cc(C#N)ccc3OC(C)(C)C2O)n1. The molecule has 0 saturated carbocycles. The number of aliphatic hydroxyl groups is 1. The fourth-order valence-corrected chi connectivity index (χ4v) is 3.04. The van der Waals surface area contributed by atoms with Crippen LogP contribution in [0, 0.1) is 11.3 Å². The molecule has 0 aliphatic carbocycles. The first-order valence-corrected chi connectivity index (χ1v) is 8.46. The summed E-state index contributed by atoms with van der Waals surface area (Å²) < 4.78 is 11.8. The van der Waals surface area contributed by atoms with Crippen LogP contribution in [0.5, 0.6) is 5.75 Å². The summed E-state index contributed by atoms with van der Waals surface area (Å²) in [5.74, 6) is -0.234. The minimum atomic E-state index is -1.15. The first-order valence-electron chi connectivity index (χ1n) is 8.46. The van der Waals surface area contributed by atoms with Crippen molar-refractivity contribution < 1.29 is 19.4 Å². The fraction of sp³-hybridized carbons (Fsp3) is 0.368. The molecule has 1 aliphatic rings. The Balaban J connectivity index is 2.21. The molecule has 0 saturated heterocycles. The van der Waals surface area contributed by atoms with Crippen LogP contribution in [0.3, 0.4) is 0 Å². The Bertz CT molecular complexity index is 990. The zero-order valence-corrected chi connectivity index (χ0v) is 15.2. The number of fused-ring (bicyclic) bond motifs is 1. The molecular weight excluding hydrogens is 350 g/mol. The Morgan fingerprint density at radius 1 is 1.41 bits per heavy atom. The van der Waals surface area contributed by atoms with Gasteiger partial charge in [-0.15, -0.1) is 0 Å². The summed E-state index contributed by atoms with van der Waals surface area (Å²) >= 11 is 0. The number of benzene rings is 1. The lowest BCUT2D eigenvalue weighted by Crippen LogP contribution is -2.52. The van der Waals surface area contributed by atoms with Crippen LogP contribution < -0.4 is 10.3 Å². The van der Waals surface area contributed by atoms with E-state index in [1.165, 1.54) is 12.1 Å². The van der Waals surface area contributed by atoms with Gasteiger partial charge >= 0.3 is 5.97 Å². The van der Waals surface area contributed by atoms with Crippen molar-refractivity contribution in [3.8, 4) is 11.8 Å². The van der Waals surface area contributed by atoms with Gasteiger partial charge in [-0.25, -0.2) is 9.48 Å². The van der Waals surface area contributed by atoms with Gasteiger partial charge in [0.15, 0.2) is 5.69 Å². The Hall–Kier alpha value is -3.18. The predicted molar refractivity (Wildman–Crippen MR) is 94.5 cm³/mol. The van der Waals surface area contributed by atoms with E-state index >= 15 is 0 Å². The van der Waals surface area contributed by atoms with Gasteiger partial charge in [-0.05, 0) is 45.0 Å². The molecule has 0 spiro atoms. The molecule has 1 aromatic carbocycles. The van der Waals surface area contributed by atoms with Crippen LogP contribution in [0.15, 0.2) is 35.1 Å². The van der Waals surface area contributed by atoms with Crippen LogP contribution in [-0.2, 0) is 4.74 Å². The van der Waals surface area contributed by atoms with Crippen molar-refractivity contribution in [1.82, 2.24) is 9.78 Å². The maximum Gasteiger partial charge on any atom is 0.358 e. The van der Waals surface area contributed by atoms with Crippen molar-refractivity contribution in [1.29, 1.82) is 5.26 Å². The minimum absolute atomic E-state index is 0.0501. The summed E-state index contributed by atoms with van der Waals surface area (Å²) in [5.41, 5.74) is -0.781. The van der Waals surface area contributed by atoms with Crippen LogP contribution in [0.4, 0.5) is 0 Å². The average Bonchev–Trinajstić information content (AvgIpc) is 2.63. The van der Waals surface area contributed by atoms with Crippen LogP contribution >= 0.6 is 0 Å². The Labute approximate surface area is 155 Å². The van der Waals surface area contributed by atoms with E-state index in [0.29, 0.717) is 16.9 Å². The molecule has 140 valence electrons. The molecule has 3 rings (SSSR count). The summed E-state index contributed by atoms with van der Waals surface area (Å²) in [6.45, 7) is 5.21. The highest BCUT2D eigenvalue weighted by Gasteiger charge is 2.45. The monoisotopic (exact) mass is 369 g/mol. The third kappa shape index (κ3) is 3.29. The third-order valence-corrected chi connectivity index (χ3v) is 4.41. The minimum Gasteiger partial charge on any atom is -0.485 e. The first-order chi connectivity index (χ1) is 12.8. The average molecular weight is 369 g/mol. The Morgan fingerprint density at radius 3 is 2.81 bits per heavy atom. The molecule has 1 N–H and O–H groups in total. The van der Waals surface area contributed by atoms with Crippen molar-refractivity contribution in [2.75, 3.05) is 6.61 Å². The van der Waals surface area contributed by atoms with Gasteiger partial charge in [0.05, 0.1) is 18.2 Å². The van der Waals surface area contributed by atoms with Crippen molar-refractivity contribution in [2.45, 2.75) is 38.5 Å². The van der Waals surface area contributed by atoms with E-state index in [0.717, 1.165) is 4.68 Å². The molecular formula is C19H19N3O5. The van der Waals surface area contributed by atoms with Crippen molar-refractivity contribution in [3.05, 3.63) is 57.5 Å². The van der Waals surface area contributed by atoms with Crippen LogP contribution in [0.2, 0.25) is 0 Å². The molecule has 2 unspecified atom stereocenters. The number of carbonyl (C=O) groups is 1. The molecule has 0 bridgehead atoms. The number of carbonyl (C=O) groups excluding carboxylic acids is 1. The van der Waals surface area contributed by atoms with Crippen molar-refractivity contribution in [2.24, 2.45) is 0 Å². The predicted octanol–water partition coefficient (Wildman–Crippen LogP) is 1.41. The number of nitriles is 1. The number of ether oxygens (including phenoxy) is 2. The van der Waals surface area contributed by atoms with Gasteiger partial charge in [0, 0.05) is 11.6 Å². The molecule has 27 heavy (non-hydrogen) atoms. The maximum absolute atomic E-state index is 12.5. The highest BCUT2D eigenvalue weighted by molar-refractivity contribution is 5.86. The molecule has 1 aromatic heterocycles. The molecule has 8 nitrogen and oxygen atoms in total. The van der Waals surface area contributed by atoms with Gasteiger partial charge in [-0.3, -0.25) is 4.79 Å². The Morgan fingerprint density at radius 2 is 2.15 bits per heavy atom. The summed E-state index contributed by atoms with van der Waals surface area (Å²) in [4.78, 5) is 24.5. The Kier molecular flexibility index (Phi) is 4.72. The van der Waals surface area contributed by atoms with Crippen LogP contribution in [0.1, 0.15) is 48.4 Å². The van der Waals surface area contributed by atoms with E-state index in [1.807, 2.05) is 6.07 Å². The lowest BCUT2D eigenvalue weighted by molar-refractivity contribution is -0.0667. The number of hydrogen-bond donors (Lipinski definition) is 1. The molecule has 2 atom stereocenters. The van der Waals surface area contributed by atoms with Gasteiger partial charge in [-0.2, -0.15) is 10.4 Å². The second kappa shape index (κ2) is 6.85. The molecule has 2 heterocycles. The lowest BCUT2D eigenvalue weighted by atomic mass is 9.86. The highest BCUT2D eigenvalue weighted by atomic mass is 16.5. The van der Waals surface area contributed by atoms with Gasteiger partial charge in [-0.1, -0.05) is 0 Å². The van der Waals surface area contributed by atoms with Crippen LogP contribution in [0.25, 0.3) is 0 Å². The standard InChI is InChI=1S/C19H19N3O5/c1-4-26-18(25)13-6-8-15(23)22(21-13)16-12-9-11(10-20)5-7-14(12)27-19(2,3)17(16)24/h5-9,16-17,24H,4H2,1-3H3. The fourth-order valence-electron chi connectivity index (χ4n) is 3.04. The number of esters is 1. The zero-order chi connectivity index (χ0) is 19.8. The van der Waals surface area contributed by atoms with Gasteiger partial charge in [0.1, 0.15) is 23.5 Å². The molecule has 2 aromatic rings. The lowest BCUT2D eigenvalue weighted by Gasteiger charge is -2.42. The largest absolute Gasteiger partial charge is 0.485 e. The number of rotatable bonds is 3. The van der Waals surface area contributed by atoms with Gasteiger partial charge in [0.25, 0.3) is 5.56 Å². The quantitative estimate of drug-likeness (QED) is 0.814. The summed E-state index contributed by atoms with van der Waals surface area (Å²) in [6, 6.07) is 8.33. The number of hydrogen-bond acceptors (Lipinski definition) is 7. The summed E-state index contributed by atoms with van der Waals surface area (Å²) in [6.07, 6.45) is -1.15. The van der Waals surface area contributed by atoms with Crippen molar-refractivity contribution in [3.63, 3.8) is 0 Å². The van der Waals surface area contributed by atoms with E-state index in [-0.39, 0.29) is 12.3 Å². The molecule has 1 aliphatic heterocycles. The summed E-state index contributed by atoms with van der Waals surface area (Å²) in [5, 5.41) is 24.2. The van der Waals surface area contributed by atoms with E-state index < -0.39 is 29.3 Å². The molecule has 8 heteroatoms. The van der Waals surface area contributed by atoms with E-state index in [4.69, 9.17) is 9.47 Å². The third-order valence-electron chi connectivity index (χ3n) is 4.41. The normalized spacial score (nSPS) is 20.1. The number of aliphatic hydroxyl groups excluding tert-OH is 1. The zero-order valence-electron chi connectivity index (χ0n) is 15.2. The van der Waals surface area contributed by atoms with Gasteiger partial charge in [0.2, 0.25) is 0 Å². The second-order valence-electron chi connectivity index (χ2n) is 6.68. The highest BCUT2D eigenvalue weighted by Crippen LogP contribution is 2.41. The smallest absolute Gasteiger partial charge is 0.358 e. The molecule has 0 radical (unpaired) electrons. The maximum atomic E-state index is 12.5. The molecule has 0 amide bonds. The van der Waals surface area contributed by atoms with E-state index in [2.05, 4.69) is 5.10 Å². The van der Waals surface area contributed by atoms with E-state index in [9.17, 15) is 20.0 Å². The second-order valence-corrected chi connectivity index (χ2v) is 6.68. The number of nitrogens with zero attached hydrogens (tertiary/aromatic N) is 3. The van der Waals surface area contributed by atoms with Gasteiger partial charge < -0.3 is 14.6 Å². The van der Waals surface area contributed by atoms with Crippen LogP contribution in [-0.4, -0.2) is 39.2 Å². The van der Waals surface area contributed by atoms with Crippen molar-refractivity contribution >= 4 is 5.97 Å². The first kappa shape index (κ1) is 18.6. The molecule has 0 fully saturated rings.